The first-order chi connectivity index (χ1) is 9.90. The van der Waals surface area contributed by atoms with Crippen LogP contribution in [0.3, 0.4) is 0 Å². The molecular weight excluding hydrogens is 292 g/mol. The second-order valence-corrected chi connectivity index (χ2v) is 5.93. The van der Waals surface area contributed by atoms with Gasteiger partial charge in [0.25, 0.3) is 0 Å². The van der Waals surface area contributed by atoms with Crippen LogP contribution in [0.4, 0.5) is 4.79 Å². The first-order valence-electron chi connectivity index (χ1n) is 6.74. The molecule has 0 bridgehead atoms. The lowest BCUT2D eigenvalue weighted by Crippen LogP contribution is -2.45. The third-order valence-corrected chi connectivity index (χ3v) is 3.69. The van der Waals surface area contributed by atoms with E-state index in [-0.39, 0.29) is 25.3 Å². The first kappa shape index (κ1) is 17.2. The highest BCUT2D eigenvalue weighted by atomic mass is 32.1. The minimum atomic E-state index is -0.948. The van der Waals surface area contributed by atoms with E-state index < -0.39 is 17.9 Å². The van der Waals surface area contributed by atoms with Crippen LogP contribution < -0.4 is 5.32 Å². The van der Waals surface area contributed by atoms with Crippen molar-refractivity contribution in [2.75, 3.05) is 0 Å². The lowest BCUT2D eigenvalue weighted by atomic mass is 10.2. The molecular formula is C14H20N2O4S. The van der Waals surface area contributed by atoms with Gasteiger partial charge in [0.1, 0.15) is 0 Å². The number of hydrogen-bond donors (Lipinski definition) is 2. The Morgan fingerprint density at radius 3 is 2.57 bits per heavy atom. The van der Waals surface area contributed by atoms with E-state index in [9.17, 15) is 14.4 Å². The maximum Gasteiger partial charge on any atom is 0.324 e. The van der Waals surface area contributed by atoms with Gasteiger partial charge < -0.3 is 10.0 Å². The van der Waals surface area contributed by atoms with E-state index in [4.69, 9.17) is 5.11 Å². The number of amides is 3. The van der Waals surface area contributed by atoms with Crippen LogP contribution in [0.25, 0.3) is 0 Å². The van der Waals surface area contributed by atoms with E-state index in [1.54, 1.807) is 16.2 Å². The topological polar surface area (TPSA) is 86.7 Å². The van der Waals surface area contributed by atoms with E-state index in [2.05, 4.69) is 5.32 Å². The van der Waals surface area contributed by atoms with Crippen LogP contribution in [-0.2, 0) is 16.1 Å². The molecule has 1 heterocycles. The molecule has 116 valence electrons. The summed E-state index contributed by atoms with van der Waals surface area (Å²) in [6.45, 7) is 4.20. The molecule has 1 rings (SSSR count). The van der Waals surface area contributed by atoms with Gasteiger partial charge in [-0.2, -0.15) is 0 Å². The zero-order chi connectivity index (χ0) is 15.8. The standard InChI is InChI=1S/C14H20N2O4S/c1-10(2)16(9-11-5-4-8-21-11)14(20)15-12(17)6-3-7-13(18)19/h4-5,8,10H,3,6-7,9H2,1-2H3,(H,18,19)(H,15,17,20). The summed E-state index contributed by atoms with van der Waals surface area (Å²) in [4.78, 5) is 36.7. The average molecular weight is 312 g/mol. The van der Waals surface area contributed by atoms with Crippen molar-refractivity contribution < 1.29 is 19.5 Å². The Balaban J connectivity index is 2.49. The lowest BCUT2D eigenvalue weighted by molar-refractivity contribution is -0.137. The number of carbonyl (C=O) groups excluding carboxylic acids is 2. The summed E-state index contributed by atoms with van der Waals surface area (Å²) in [7, 11) is 0. The van der Waals surface area contributed by atoms with E-state index in [1.165, 1.54) is 0 Å². The van der Waals surface area contributed by atoms with Crippen molar-refractivity contribution in [3.63, 3.8) is 0 Å². The van der Waals surface area contributed by atoms with Crippen molar-refractivity contribution in [2.45, 2.75) is 45.7 Å². The fraction of sp³-hybridized carbons (Fsp3) is 0.500. The smallest absolute Gasteiger partial charge is 0.324 e. The van der Waals surface area contributed by atoms with Crippen molar-refractivity contribution in [3.8, 4) is 0 Å². The minimum Gasteiger partial charge on any atom is -0.481 e. The second kappa shape index (κ2) is 8.41. The Labute approximate surface area is 127 Å². The van der Waals surface area contributed by atoms with Gasteiger partial charge in [0.15, 0.2) is 0 Å². The molecule has 0 saturated carbocycles. The molecule has 6 nitrogen and oxygen atoms in total. The summed E-state index contributed by atoms with van der Waals surface area (Å²) >= 11 is 1.55. The molecule has 0 unspecified atom stereocenters. The number of carboxylic acids is 1. The summed E-state index contributed by atoms with van der Waals surface area (Å²) in [6.07, 6.45) is 0.175. The molecule has 2 N–H and O–H groups in total. The Hall–Kier alpha value is -1.89. The van der Waals surface area contributed by atoms with Gasteiger partial charge in [0, 0.05) is 23.8 Å². The SMILES string of the molecule is CC(C)N(Cc1cccs1)C(=O)NC(=O)CCCC(=O)O. The highest BCUT2D eigenvalue weighted by Gasteiger charge is 2.19. The lowest BCUT2D eigenvalue weighted by Gasteiger charge is -2.26. The Morgan fingerprint density at radius 2 is 2.05 bits per heavy atom. The Bertz CT molecular complexity index is 485. The van der Waals surface area contributed by atoms with Crippen LogP contribution in [0, 0.1) is 0 Å². The number of nitrogens with zero attached hydrogens (tertiary/aromatic N) is 1. The molecule has 7 heteroatoms. The molecule has 0 radical (unpaired) electrons. The van der Waals surface area contributed by atoms with E-state index in [1.807, 2.05) is 31.4 Å². The van der Waals surface area contributed by atoms with E-state index >= 15 is 0 Å². The number of imide groups is 1. The Morgan fingerprint density at radius 1 is 1.33 bits per heavy atom. The summed E-state index contributed by atoms with van der Waals surface area (Å²) in [5.41, 5.74) is 0. The third-order valence-electron chi connectivity index (χ3n) is 2.83. The number of aliphatic carboxylic acids is 1. The van der Waals surface area contributed by atoms with Crippen molar-refractivity contribution in [2.24, 2.45) is 0 Å². The highest BCUT2D eigenvalue weighted by Crippen LogP contribution is 2.14. The fourth-order valence-electron chi connectivity index (χ4n) is 1.71. The zero-order valence-corrected chi connectivity index (χ0v) is 13.0. The molecule has 21 heavy (non-hydrogen) atoms. The van der Waals surface area contributed by atoms with Gasteiger partial charge in [-0.15, -0.1) is 11.3 Å². The van der Waals surface area contributed by atoms with Gasteiger partial charge in [0.05, 0.1) is 6.54 Å². The van der Waals surface area contributed by atoms with Gasteiger partial charge in [0.2, 0.25) is 5.91 Å². The van der Waals surface area contributed by atoms with E-state index in [0.717, 1.165) is 4.88 Å². The van der Waals surface area contributed by atoms with Crippen molar-refractivity contribution in [3.05, 3.63) is 22.4 Å². The minimum absolute atomic E-state index is 0.0307. The van der Waals surface area contributed by atoms with Gasteiger partial charge in [-0.05, 0) is 31.7 Å². The predicted octanol–water partition coefficient (Wildman–Crippen LogP) is 2.45. The van der Waals surface area contributed by atoms with Crippen molar-refractivity contribution in [1.82, 2.24) is 10.2 Å². The molecule has 0 aliphatic carbocycles. The van der Waals surface area contributed by atoms with Gasteiger partial charge >= 0.3 is 12.0 Å². The number of urea groups is 1. The number of thiophene rings is 1. The molecule has 1 aromatic rings. The predicted molar refractivity (Wildman–Crippen MR) is 80.0 cm³/mol. The molecule has 0 spiro atoms. The number of carboxylic acid groups (broad SMARTS) is 1. The summed E-state index contributed by atoms with van der Waals surface area (Å²) in [6, 6.07) is 3.35. The van der Waals surface area contributed by atoms with Crippen LogP contribution in [0.15, 0.2) is 17.5 Å². The van der Waals surface area contributed by atoms with Crippen LogP contribution in [0.5, 0.6) is 0 Å². The van der Waals surface area contributed by atoms with Crippen LogP contribution in [-0.4, -0.2) is 34.0 Å². The van der Waals surface area contributed by atoms with Crippen molar-refractivity contribution in [1.29, 1.82) is 0 Å². The van der Waals surface area contributed by atoms with Gasteiger partial charge in [-0.25, -0.2) is 4.79 Å². The quantitative estimate of drug-likeness (QED) is 0.809. The number of carbonyl (C=O) groups is 3. The zero-order valence-electron chi connectivity index (χ0n) is 12.2. The molecule has 0 fully saturated rings. The maximum atomic E-state index is 12.1. The largest absolute Gasteiger partial charge is 0.481 e. The van der Waals surface area contributed by atoms with Gasteiger partial charge in [-0.1, -0.05) is 6.07 Å². The van der Waals surface area contributed by atoms with Crippen LogP contribution in [0.2, 0.25) is 0 Å². The number of rotatable bonds is 7. The molecule has 0 aliphatic rings. The Kier molecular flexibility index (Phi) is 6.87. The summed E-state index contributed by atoms with van der Waals surface area (Å²) < 4.78 is 0. The average Bonchev–Trinajstić information content (AvgIpc) is 2.87. The fourth-order valence-corrected chi connectivity index (χ4v) is 2.42. The van der Waals surface area contributed by atoms with Crippen LogP contribution >= 0.6 is 11.3 Å². The molecule has 0 aromatic carbocycles. The molecule has 3 amide bonds. The molecule has 1 aromatic heterocycles. The van der Waals surface area contributed by atoms with E-state index in [0.29, 0.717) is 6.54 Å². The maximum absolute atomic E-state index is 12.1. The van der Waals surface area contributed by atoms with Crippen molar-refractivity contribution >= 4 is 29.2 Å². The third kappa shape index (κ3) is 6.40. The highest BCUT2D eigenvalue weighted by molar-refractivity contribution is 7.09. The number of nitrogens with one attached hydrogen (secondary N) is 1. The second-order valence-electron chi connectivity index (χ2n) is 4.90. The summed E-state index contributed by atoms with van der Waals surface area (Å²) in [5.74, 6) is -1.39. The van der Waals surface area contributed by atoms with Crippen LogP contribution in [0.1, 0.15) is 38.0 Å². The monoisotopic (exact) mass is 312 g/mol. The first-order valence-corrected chi connectivity index (χ1v) is 7.62. The molecule has 0 aliphatic heterocycles. The molecule has 0 atom stereocenters. The normalized spacial score (nSPS) is 10.4. The number of hydrogen-bond acceptors (Lipinski definition) is 4. The summed E-state index contributed by atoms with van der Waals surface area (Å²) in [5, 5.41) is 12.7. The molecule has 0 saturated heterocycles. The van der Waals surface area contributed by atoms with Gasteiger partial charge in [-0.3, -0.25) is 14.9 Å².